The maximum Gasteiger partial charge on any atom is 0.288 e. The molecule has 0 N–H and O–H groups in total. The number of amides is 1. The average Bonchev–Trinajstić information content (AvgIpc) is 3.44. The highest BCUT2D eigenvalue weighted by Crippen LogP contribution is 2.35. The normalized spacial score (nSPS) is 15.9. The second kappa shape index (κ2) is 10.5. The van der Waals surface area contributed by atoms with E-state index in [9.17, 15) is 14.9 Å². The second-order valence-electron chi connectivity index (χ2n) is 7.28. The standard InChI is InChI=1S/C23H20ClN5O4S/c1-33-18-6-4-17(5-7-18)26-23-28(11-2-10-27-12-9-25-15-27)22(30)21(34-23)14-16-3-8-19(24)20(13-16)29(31)32/h3-9,12-15H,2,10-11H2,1H3/b21-14-,26-23?. The van der Waals surface area contributed by atoms with Crippen LogP contribution in [0.5, 0.6) is 5.75 Å². The number of aliphatic imine (C=N–C) groups is 1. The molecule has 0 saturated carbocycles. The summed E-state index contributed by atoms with van der Waals surface area (Å²) in [5.41, 5.74) is 0.978. The third-order valence-corrected chi connectivity index (χ3v) is 6.33. The molecule has 2 aromatic carbocycles. The highest BCUT2D eigenvalue weighted by molar-refractivity contribution is 8.18. The fraction of sp³-hybridized carbons (Fsp3) is 0.174. The number of nitrogens with zero attached hydrogens (tertiary/aromatic N) is 5. The fourth-order valence-electron chi connectivity index (χ4n) is 3.30. The Bertz CT molecular complexity index is 1260. The second-order valence-corrected chi connectivity index (χ2v) is 8.70. The smallest absolute Gasteiger partial charge is 0.288 e. The molecule has 3 aromatic rings. The van der Waals surface area contributed by atoms with Gasteiger partial charge in [-0.15, -0.1) is 0 Å². The first-order valence-corrected chi connectivity index (χ1v) is 11.5. The number of hydrogen-bond acceptors (Lipinski definition) is 7. The Labute approximate surface area is 204 Å². The molecule has 34 heavy (non-hydrogen) atoms. The quantitative estimate of drug-likeness (QED) is 0.242. The lowest BCUT2D eigenvalue weighted by atomic mass is 10.2. The summed E-state index contributed by atoms with van der Waals surface area (Å²) >= 11 is 7.14. The van der Waals surface area contributed by atoms with Gasteiger partial charge in [0, 0.05) is 31.5 Å². The number of aromatic nitrogens is 2. The lowest BCUT2D eigenvalue weighted by molar-refractivity contribution is -0.384. The summed E-state index contributed by atoms with van der Waals surface area (Å²) in [4.78, 5) is 34.7. The van der Waals surface area contributed by atoms with E-state index in [1.54, 1.807) is 48.8 Å². The Hall–Kier alpha value is -3.63. The minimum absolute atomic E-state index is 0.0421. The van der Waals surface area contributed by atoms with Gasteiger partial charge in [-0.1, -0.05) is 17.7 Å². The third-order valence-electron chi connectivity index (χ3n) is 5.01. The van der Waals surface area contributed by atoms with Crippen molar-refractivity contribution in [2.45, 2.75) is 13.0 Å². The Morgan fingerprint density at radius 3 is 2.71 bits per heavy atom. The number of carbonyl (C=O) groups is 1. The van der Waals surface area contributed by atoms with Gasteiger partial charge in [0.05, 0.1) is 29.0 Å². The fourth-order valence-corrected chi connectivity index (χ4v) is 4.51. The summed E-state index contributed by atoms with van der Waals surface area (Å²) in [5.74, 6) is 0.502. The zero-order valence-electron chi connectivity index (χ0n) is 18.1. The molecule has 1 amide bonds. The molecule has 1 saturated heterocycles. The van der Waals surface area contributed by atoms with Crippen LogP contribution < -0.4 is 4.74 Å². The molecule has 1 fully saturated rings. The molecule has 4 rings (SSSR count). The Balaban J connectivity index is 1.61. The number of ether oxygens (including phenoxy) is 1. The maximum absolute atomic E-state index is 13.2. The molecule has 0 radical (unpaired) electrons. The number of aryl methyl sites for hydroxylation is 1. The van der Waals surface area contributed by atoms with E-state index in [2.05, 4.69) is 9.98 Å². The van der Waals surface area contributed by atoms with Crippen LogP contribution in [0.3, 0.4) is 0 Å². The van der Waals surface area contributed by atoms with Gasteiger partial charge in [-0.2, -0.15) is 0 Å². The van der Waals surface area contributed by atoms with Crippen molar-refractivity contribution in [1.82, 2.24) is 14.5 Å². The van der Waals surface area contributed by atoms with E-state index < -0.39 is 4.92 Å². The molecule has 1 aliphatic rings. The number of amidine groups is 1. The topological polar surface area (TPSA) is 103 Å². The SMILES string of the molecule is COc1ccc(N=C2S/C(=C\c3ccc(Cl)c([N+](=O)[O-])c3)C(=O)N2CCCn2ccnc2)cc1. The molecule has 11 heteroatoms. The number of benzene rings is 2. The van der Waals surface area contributed by atoms with Crippen molar-refractivity contribution >= 4 is 51.9 Å². The van der Waals surface area contributed by atoms with Crippen molar-refractivity contribution in [3.8, 4) is 5.75 Å². The lowest BCUT2D eigenvalue weighted by Crippen LogP contribution is -2.30. The molecule has 1 aromatic heterocycles. The molecule has 0 aliphatic carbocycles. The van der Waals surface area contributed by atoms with E-state index in [1.807, 2.05) is 22.9 Å². The molecule has 174 valence electrons. The minimum Gasteiger partial charge on any atom is -0.497 e. The highest BCUT2D eigenvalue weighted by atomic mass is 35.5. The van der Waals surface area contributed by atoms with Crippen molar-refractivity contribution in [2.75, 3.05) is 13.7 Å². The molecule has 9 nitrogen and oxygen atoms in total. The summed E-state index contributed by atoms with van der Waals surface area (Å²) < 4.78 is 7.13. The van der Waals surface area contributed by atoms with Gasteiger partial charge in [0.1, 0.15) is 10.8 Å². The zero-order valence-corrected chi connectivity index (χ0v) is 19.7. The van der Waals surface area contributed by atoms with E-state index in [1.165, 1.54) is 23.9 Å². The number of thioether (sulfide) groups is 1. The largest absolute Gasteiger partial charge is 0.497 e. The predicted octanol–water partition coefficient (Wildman–Crippen LogP) is 5.15. The molecule has 0 atom stereocenters. The van der Waals surface area contributed by atoms with Crippen LogP contribution >= 0.6 is 23.4 Å². The zero-order chi connectivity index (χ0) is 24.1. The molecule has 1 aliphatic heterocycles. The van der Waals surface area contributed by atoms with Crippen molar-refractivity contribution in [3.05, 3.63) is 86.8 Å². The lowest BCUT2D eigenvalue weighted by Gasteiger charge is -2.15. The summed E-state index contributed by atoms with van der Waals surface area (Å²) in [6.07, 6.45) is 7.62. The van der Waals surface area contributed by atoms with Gasteiger partial charge in [0.2, 0.25) is 0 Å². The van der Waals surface area contributed by atoms with Crippen molar-refractivity contribution in [2.24, 2.45) is 4.99 Å². The predicted molar refractivity (Wildman–Crippen MR) is 132 cm³/mol. The average molecular weight is 498 g/mol. The first-order chi connectivity index (χ1) is 16.4. The van der Waals surface area contributed by atoms with Crippen LogP contribution in [0.4, 0.5) is 11.4 Å². The first-order valence-electron chi connectivity index (χ1n) is 10.3. The number of imidazole rings is 1. The van der Waals surface area contributed by atoms with Gasteiger partial charge in [-0.05, 0) is 60.2 Å². The molecule has 2 heterocycles. The van der Waals surface area contributed by atoms with Crippen LogP contribution in [0, 0.1) is 10.1 Å². The van der Waals surface area contributed by atoms with Gasteiger partial charge in [-0.25, -0.2) is 9.98 Å². The Kier molecular flexibility index (Phi) is 7.29. The van der Waals surface area contributed by atoms with E-state index in [0.29, 0.717) is 46.6 Å². The van der Waals surface area contributed by atoms with E-state index in [-0.39, 0.29) is 16.6 Å². The van der Waals surface area contributed by atoms with Crippen LogP contribution in [-0.4, -0.2) is 44.1 Å². The monoisotopic (exact) mass is 497 g/mol. The van der Waals surface area contributed by atoms with Gasteiger partial charge in [-0.3, -0.25) is 19.8 Å². The van der Waals surface area contributed by atoms with Crippen molar-refractivity contribution in [1.29, 1.82) is 0 Å². The van der Waals surface area contributed by atoms with E-state index >= 15 is 0 Å². The van der Waals surface area contributed by atoms with Crippen molar-refractivity contribution in [3.63, 3.8) is 0 Å². The Morgan fingerprint density at radius 2 is 2.03 bits per heavy atom. The number of carbonyl (C=O) groups excluding carboxylic acids is 1. The van der Waals surface area contributed by atoms with Gasteiger partial charge >= 0.3 is 0 Å². The van der Waals surface area contributed by atoms with Gasteiger partial charge < -0.3 is 9.30 Å². The van der Waals surface area contributed by atoms with E-state index in [4.69, 9.17) is 16.3 Å². The van der Waals surface area contributed by atoms with Crippen molar-refractivity contribution < 1.29 is 14.5 Å². The van der Waals surface area contributed by atoms with Gasteiger partial charge in [0.15, 0.2) is 5.17 Å². The van der Waals surface area contributed by atoms with E-state index in [0.717, 1.165) is 0 Å². The number of nitro benzene ring substituents is 1. The number of hydrogen-bond donors (Lipinski definition) is 0. The minimum atomic E-state index is -0.549. The van der Waals surface area contributed by atoms with Crippen LogP contribution in [0.15, 0.2) is 71.1 Å². The maximum atomic E-state index is 13.2. The number of halogens is 1. The first kappa shape index (κ1) is 23.5. The summed E-state index contributed by atoms with van der Waals surface area (Å²) in [5, 5.41) is 11.8. The molecular weight excluding hydrogens is 478 g/mol. The number of methoxy groups -OCH3 is 1. The van der Waals surface area contributed by atoms with Gasteiger partial charge in [0.25, 0.3) is 11.6 Å². The van der Waals surface area contributed by atoms with Crippen LogP contribution in [0.2, 0.25) is 5.02 Å². The van der Waals surface area contributed by atoms with Crippen LogP contribution in [0.25, 0.3) is 6.08 Å². The summed E-state index contributed by atoms with van der Waals surface area (Å²) in [6.45, 7) is 1.16. The summed E-state index contributed by atoms with van der Waals surface area (Å²) in [6, 6.07) is 11.7. The third kappa shape index (κ3) is 5.46. The Morgan fingerprint density at radius 1 is 1.24 bits per heavy atom. The van der Waals surface area contributed by atoms with Crippen LogP contribution in [-0.2, 0) is 11.3 Å². The highest BCUT2D eigenvalue weighted by Gasteiger charge is 2.33. The molecule has 0 spiro atoms. The molecular formula is C23H20ClN5O4S. The van der Waals surface area contributed by atoms with Crippen LogP contribution in [0.1, 0.15) is 12.0 Å². The molecule has 0 bridgehead atoms. The number of rotatable bonds is 8. The molecule has 0 unspecified atom stereocenters. The number of nitro groups is 1. The summed E-state index contributed by atoms with van der Waals surface area (Å²) in [7, 11) is 1.59.